The quantitative estimate of drug-likeness (QED) is 0.712. The molecule has 0 spiro atoms. The van der Waals surface area contributed by atoms with Crippen LogP contribution in [0.3, 0.4) is 0 Å². The molecule has 0 aromatic heterocycles. The van der Waals surface area contributed by atoms with E-state index in [0.717, 1.165) is 11.8 Å². The molecule has 3 nitrogen and oxygen atoms in total. The second kappa shape index (κ2) is 5.36. The number of fused-ring (bicyclic) bond motifs is 1. The minimum absolute atomic E-state index is 0.456. The van der Waals surface area contributed by atoms with Crippen LogP contribution in [0.4, 0.5) is 0 Å². The maximum Gasteiger partial charge on any atom is 0.0980 e. The zero-order valence-electron chi connectivity index (χ0n) is 11.8. The highest BCUT2D eigenvalue weighted by molar-refractivity contribution is 4.94. The van der Waals surface area contributed by atoms with E-state index in [4.69, 9.17) is 0 Å². The summed E-state index contributed by atoms with van der Waals surface area (Å²) in [7, 11) is 0. The summed E-state index contributed by atoms with van der Waals surface area (Å²) in [4.78, 5) is 0. The number of rotatable bonds is 2. The van der Waals surface area contributed by atoms with Crippen molar-refractivity contribution in [2.24, 2.45) is 22.2 Å². The monoisotopic (exact) mass is 237 g/mol. The maximum absolute atomic E-state index is 4.62. The highest BCUT2D eigenvalue weighted by Gasteiger charge is 2.40. The Kier molecular flexibility index (Phi) is 4.05. The minimum atomic E-state index is 0.456. The van der Waals surface area contributed by atoms with Gasteiger partial charge in [-0.15, -0.1) is 0 Å². The van der Waals surface area contributed by atoms with Gasteiger partial charge in [-0.25, -0.2) is 0 Å². The predicted octanol–water partition coefficient (Wildman–Crippen LogP) is 4.05. The lowest BCUT2D eigenvalue weighted by Gasteiger charge is -2.35. The highest BCUT2D eigenvalue weighted by atomic mass is 15.6. The molecule has 98 valence electrons. The van der Waals surface area contributed by atoms with Crippen LogP contribution in [-0.2, 0) is 0 Å². The van der Waals surface area contributed by atoms with Gasteiger partial charge in [0.15, 0.2) is 0 Å². The molecule has 0 aromatic rings. The van der Waals surface area contributed by atoms with Gasteiger partial charge in [-0.2, -0.15) is 5.11 Å². The third kappa shape index (κ3) is 2.63. The lowest BCUT2D eigenvalue weighted by atomic mass is 9.78. The Morgan fingerprint density at radius 2 is 1.71 bits per heavy atom. The highest BCUT2D eigenvalue weighted by Crippen LogP contribution is 2.37. The molecular formula is C14H27N3. The number of hydrogen-bond acceptors (Lipinski definition) is 3. The number of nitrogens with zero attached hydrogens (tertiary/aromatic N) is 3. The summed E-state index contributed by atoms with van der Waals surface area (Å²) < 4.78 is 0. The summed E-state index contributed by atoms with van der Waals surface area (Å²) in [6, 6.07) is 1.52. The maximum atomic E-state index is 4.62. The van der Waals surface area contributed by atoms with Gasteiger partial charge in [-0.05, 0) is 38.5 Å². The van der Waals surface area contributed by atoms with Crippen molar-refractivity contribution in [2.75, 3.05) is 0 Å². The van der Waals surface area contributed by atoms with Gasteiger partial charge in [-0.3, -0.25) is 5.01 Å². The molecule has 0 bridgehead atoms. The van der Waals surface area contributed by atoms with E-state index >= 15 is 0 Å². The van der Waals surface area contributed by atoms with E-state index in [2.05, 4.69) is 43.0 Å². The van der Waals surface area contributed by atoms with Crippen LogP contribution in [0.15, 0.2) is 10.3 Å². The van der Waals surface area contributed by atoms with Crippen molar-refractivity contribution in [2.45, 2.75) is 77.9 Å². The third-order valence-electron chi connectivity index (χ3n) is 4.38. The molecular weight excluding hydrogens is 210 g/mol. The lowest BCUT2D eigenvalue weighted by molar-refractivity contribution is 0.126. The van der Waals surface area contributed by atoms with Crippen molar-refractivity contribution < 1.29 is 0 Å². The number of hydrogen-bond donors (Lipinski definition) is 0. The fourth-order valence-corrected chi connectivity index (χ4v) is 3.39. The Bertz CT molecular complexity index is 273. The normalized spacial score (nSPS) is 34.0. The standard InChI is InChI=1S/C14H27N3/c1-10(2)12-8-6-5-7-9-13-14(12)15-16-17(13)11(3)4/h10-14H,5-9H2,1-4H3. The zero-order valence-corrected chi connectivity index (χ0v) is 11.8. The average molecular weight is 237 g/mol. The Balaban J connectivity index is 2.15. The molecule has 0 radical (unpaired) electrons. The van der Waals surface area contributed by atoms with Crippen molar-refractivity contribution in [3.05, 3.63) is 0 Å². The summed E-state index contributed by atoms with van der Waals surface area (Å²) in [6.07, 6.45) is 6.73. The topological polar surface area (TPSA) is 28.0 Å². The Hall–Kier alpha value is -0.600. The molecule has 0 amide bonds. The van der Waals surface area contributed by atoms with Crippen LogP contribution in [0.5, 0.6) is 0 Å². The first-order valence-electron chi connectivity index (χ1n) is 7.30. The van der Waals surface area contributed by atoms with E-state index in [-0.39, 0.29) is 0 Å². The minimum Gasteiger partial charge on any atom is -0.271 e. The zero-order chi connectivity index (χ0) is 12.4. The summed E-state index contributed by atoms with van der Waals surface area (Å²) in [5, 5.41) is 11.3. The van der Waals surface area contributed by atoms with Gasteiger partial charge >= 0.3 is 0 Å². The molecule has 1 fully saturated rings. The van der Waals surface area contributed by atoms with Crippen molar-refractivity contribution >= 4 is 0 Å². The summed E-state index contributed by atoms with van der Waals surface area (Å²) in [5.41, 5.74) is 0. The SMILES string of the molecule is CC(C)C1CCCCCC2C1N=NN2C(C)C. The second-order valence-electron chi connectivity index (χ2n) is 6.28. The van der Waals surface area contributed by atoms with Crippen LogP contribution in [0.25, 0.3) is 0 Å². The molecule has 2 rings (SSSR count). The smallest absolute Gasteiger partial charge is 0.0980 e. The molecule has 17 heavy (non-hydrogen) atoms. The van der Waals surface area contributed by atoms with Crippen molar-refractivity contribution in [3.8, 4) is 0 Å². The van der Waals surface area contributed by atoms with E-state index in [1.54, 1.807) is 0 Å². The molecule has 0 aromatic carbocycles. The molecule has 1 saturated carbocycles. The lowest BCUT2D eigenvalue weighted by Crippen LogP contribution is -2.43. The van der Waals surface area contributed by atoms with Crippen LogP contribution >= 0.6 is 0 Å². The Morgan fingerprint density at radius 3 is 2.35 bits per heavy atom. The van der Waals surface area contributed by atoms with E-state index in [0.29, 0.717) is 18.1 Å². The first kappa shape index (κ1) is 12.8. The van der Waals surface area contributed by atoms with Crippen LogP contribution in [0.2, 0.25) is 0 Å². The molecule has 1 aliphatic heterocycles. The first-order valence-corrected chi connectivity index (χ1v) is 7.30. The van der Waals surface area contributed by atoms with Gasteiger partial charge in [0.05, 0.1) is 12.1 Å². The van der Waals surface area contributed by atoms with Gasteiger partial charge in [0, 0.05) is 6.04 Å². The summed E-state index contributed by atoms with van der Waals surface area (Å²) in [5.74, 6) is 1.46. The van der Waals surface area contributed by atoms with E-state index in [1.807, 2.05) is 0 Å². The fourth-order valence-electron chi connectivity index (χ4n) is 3.39. The molecule has 2 aliphatic rings. The van der Waals surface area contributed by atoms with E-state index < -0.39 is 0 Å². The predicted molar refractivity (Wildman–Crippen MR) is 70.8 cm³/mol. The van der Waals surface area contributed by atoms with Crippen molar-refractivity contribution in [1.82, 2.24) is 5.01 Å². The van der Waals surface area contributed by atoms with Crippen LogP contribution in [0, 0.1) is 11.8 Å². The van der Waals surface area contributed by atoms with Gasteiger partial charge in [-0.1, -0.05) is 38.3 Å². The summed E-state index contributed by atoms with van der Waals surface area (Å²) in [6.45, 7) is 9.14. The van der Waals surface area contributed by atoms with Crippen LogP contribution < -0.4 is 0 Å². The molecule has 3 atom stereocenters. The molecule has 0 saturated heterocycles. The fraction of sp³-hybridized carbons (Fsp3) is 1.00. The third-order valence-corrected chi connectivity index (χ3v) is 4.38. The van der Waals surface area contributed by atoms with Crippen molar-refractivity contribution in [3.63, 3.8) is 0 Å². The summed E-state index contributed by atoms with van der Waals surface area (Å²) >= 11 is 0. The Labute approximate surface area is 106 Å². The molecule has 1 heterocycles. The molecule has 0 N–H and O–H groups in total. The van der Waals surface area contributed by atoms with E-state index in [9.17, 15) is 0 Å². The van der Waals surface area contributed by atoms with Gasteiger partial charge in [0.2, 0.25) is 0 Å². The van der Waals surface area contributed by atoms with Crippen molar-refractivity contribution in [1.29, 1.82) is 0 Å². The average Bonchev–Trinajstić information content (AvgIpc) is 2.60. The second-order valence-corrected chi connectivity index (χ2v) is 6.28. The van der Waals surface area contributed by atoms with Crippen LogP contribution in [-0.4, -0.2) is 23.1 Å². The van der Waals surface area contributed by atoms with Crippen LogP contribution in [0.1, 0.15) is 59.8 Å². The Morgan fingerprint density at radius 1 is 1.00 bits per heavy atom. The van der Waals surface area contributed by atoms with Gasteiger partial charge in [0.1, 0.15) is 0 Å². The molecule has 3 heteroatoms. The van der Waals surface area contributed by atoms with Gasteiger partial charge < -0.3 is 0 Å². The molecule has 3 unspecified atom stereocenters. The van der Waals surface area contributed by atoms with E-state index in [1.165, 1.54) is 32.1 Å². The van der Waals surface area contributed by atoms with Gasteiger partial charge in [0.25, 0.3) is 0 Å². The largest absolute Gasteiger partial charge is 0.271 e. The molecule has 1 aliphatic carbocycles. The first-order chi connectivity index (χ1) is 8.11.